The summed E-state index contributed by atoms with van der Waals surface area (Å²) in [6.45, 7) is 5.82. The lowest BCUT2D eigenvalue weighted by Crippen LogP contribution is -2.61. The van der Waals surface area contributed by atoms with Crippen molar-refractivity contribution in [3.63, 3.8) is 0 Å². The Kier molecular flexibility index (Phi) is 53.2. The maximum atomic E-state index is 13.2. The highest BCUT2D eigenvalue weighted by Gasteiger charge is 2.50. The number of ether oxygens (including phenoxy) is 5. The van der Waals surface area contributed by atoms with Gasteiger partial charge >= 0.3 is 23.9 Å². The lowest BCUT2D eigenvalue weighted by Gasteiger charge is -2.40. The number of hydrogen-bond acceptors (Lipinski definition) is 11. The third kappa shape index (κ3) is 47.3. The number of allylic oxidation sites excluding steroid dienone is 18. The summed E-state index contributed by atoms with van der Waals surface area (Å²) >= 11 is 0. The number of carbonyl (C=O) groups excluding carboxylic acids is 3. The summed E-state index contributed by atoms with van der Waals surface area (Å²) in [5, 5.41) is 31.6. The Hall–Kier alpha value is -4.62. The van der Waals surface area contributed by atoms with Crippen LogP contribution in [0, 0.1) is 0 Å². The maximum absolute atomic E-state index is 13.2. The standard InChI is InChI=1S/C71H116O12/c1-4-7-10-13-16-19-22-25-28-30-32-34-37-39-42-45-48-51-54-57-63(72)79-60-62(81-64(73)58-55-52-49-46-43-40-36-27-24-21-18-15-12-9-6-3)61-80-71-69(67(76)66(75)68(83-71)70(77)78)82-65(74)59-56-53-50-47-44-41-38-35-33-31-29-26-23-20-17-14-11-8-5-2/h8,11,16-21,25-29,32-36,62,66-69,71,75-76H,4-7,9-10,12-15,22-24,30-31,37-61H2,1-3H3,(H,77,78)/b11-8-,19-16-,20-17-,21-18-,28-25-,29-26-,34-32-,35-33-,36-27-. The molecular formula is C71H116O12. The third-order valence-electron chi connectivity index (χ3n) is 14.3. The zero-order valence-corrected chi connectivity index (χ0v) is 52.2. The second-order valence-electron chi connectivity index (χ2n) is 22.0. The van der Waals surface area contributed by atoms with E-state index in [2.05, 4.69) is 130 Å². The highest BCUT2D eigenvalue weighted by molar-refractivity contribution is 5.74. The molecule has 1 aliphatic rings. The molecule has 1 aliphatic heterocycles. The van der Waals surface area contributed by atoms with E-state index in [0.717, 1.165) is 161 Å². The Labute approximate surface area is 504 Å². The number of rotatable bonds is 55. The lowest BCUT2D eigenvalue weighted by atomic mass is 9.98. The maximum Gasteiger partial charge on any atom is 0.335 e. The number of aliphatic hydroxyl groups excluding tert-OH is 2. The van der Waals surface area contributed by atoms with Gasteiger partial charge in [0.2, 0.25) is 0 Å². The van der Waals surface area contributed by atoms with Gasteiger partial charge in [0.15, 0.2) is 24.6 Å². The molecule has 0 aromatic carbocycles. The molecule has 472 valence electrons. The van der Waals surface area contributed by atoms with E-state index >= 15 is 0 Å². The fourth-order valence-corrected chi connectivity index (χ4v) is 9.28. The fraction of sp³-hybridized carbons (Fsp3) is 0.690. The zero-order chi connectivity index (χ0) is 60.3. The summed E-state index contributed by atoms with van der Waals surface area (Å²) in [4.78, 5) is 51.4. The van der Waals surface area contributed by atoms with Gasteiger partial charge in [-0.3, -0.25) is 14.4 Å². The van der Waals surface area contributed by atoms with Crippen molar-refractivity contribution in [3.05, 3.63) is 109 Å². The van der Waals surface area contributed by atoms with Gasteiger partial charge in [0.25, 0.3) is 0 Å². The summed E-state index contributed by atoms with van der Waals surface area (Å²) in [5.41, 5.74) is 0. The molecule has 12 heteroatoms. The number of carboxylic acids is 1. The monoisotopic (exact) mass is 1160 g/mol. The van der Waals surface area contributed by atoms with E-state index < -0.39 is 67.3 Å². The number of esters is 3. The predicted octanol–water partition coefficient (Wildman–Crippen LogP) is 17.8. The van der Waals surface area contributed by atoms with Crippen molar-refractivity contribution >= 4 is 23.9 Å². The quantitative estimate of drug-likeness (QED) is 0.0228. The summed E-state index contributed by atoms with van der Waals surface area (Å²) in [5.74, 6) is -3.18. The molecule has 0 aromatic rings. The van der Waals surface area contributed by atoms with Crippen LogP contribution in [-0.2, 0) is 42.9 Å². The molecule has 83 heavy (non-hydrogen) atoms. The van der Waals surface area contributed by atoms with Crippen LogP contribution in [0.2, 0.25) is 0 Å². The van der Waals surface area contributed by atoms with Crippen LogP contribution in [-0.4, -0.2) is 89.2 Å². The molecule has 6 unspecified atom stereocenters. The lowest BCUT2D eigenvalue weighted by molar-refractivity contribution is -0.301. The molecule has 1 saturated heterocycles. The Morgan fingerprint density at radius 1 is 0.410 bits per heavy atom. The number of hydrogen-bond donors (Lipinski definition) is 3. The van der Waals surface area contributed by atoms with Gasteiger partial charge in [0.05, 0.1) is 6.61 Å². The number of carbonyl (C=O) groups is 4. The predicted molar refractivity (Wildman–Crippen MR) is 340 cm³/mol. The second kappa shape index (κ2) is 57.8. The van der Waals surface area contributed by atoms with Crippen LogP contribution in [0.25, 0.3) is 0 Å². The fourth-order valence-electron chi connectivity index (χ4n) is 9.28. The Morgan fingerprint density at radius 3 is 1.16 bits per heavy atom. The third-order valence-corrected chi connectivity index (χ3v) is 14.3. The van der Waals surface area contributed by atoms with Crippen LogP contribution in [0.1, 0.15) is 265 Å². The van der Waals surface area contributed by atoms with Gasteiger partial charge in [-0.1, -0.05) is 226 Å². The Balaban J connectivity index is 2.68. The molecular weight excluding hydrogens is 1040 g/mol. The van der Waals surface area contributed by atoms with Crippen molar-refractivity contribution in [2.24, 2.45) is 0 Å². The van der Waals surface area contributed by atoms with E-state index in [4.69, 9.17) is 23.7 Å². The van der Waals surface area contributed by atoms with Crippen LogP contribution >= 0.6 is 0 Å². The second-order valence-corrected chi connectivity index (χ2v) is 22.0. The van der Waals surface area contributed by atoms with Crippen molar-refractivity contribution in [2.75, 3.05) is 13.2 Å². The summed E-state index contributed by atoms with van der Waals surface area (Å²) < 4.78 is 28.5. The molecule has 1 rings (SSSR count). The molecule has 3 N–H and O–H groups in total. The molecule has 0 radical (unpaired) electrons. The molecule has 0 aliphatic carbocycles. The molecule has 0 aromatic heterocycles. The molecule has 0 bridgehead atoms. The van der Waals surface area contributed by atoms with Gasteiger partial charge in [-0.05, 0) is 128 Å². The smallest absolute Gasteiger partial charge is 0.335 e. The summed E-state index contributed by atoms with van der Waals surface area (Å²) in [6.07, 6.45) is 66.0. The minimum Gasteiger partial charge on any atom is -0.479 e. The molecule has 1 heterocycles. The minimum atomic E-state index is -1.92. The first-order valence-electron chi connectivity index (χ1n) is 32.9. The first kappa shape index (κ1) is 76.4. The molecule has 6 atom stereocenters. The van der Waals surface area contributed by atoms with E-state index in [9.17, 15) is 34.5 Å². The normalized spacial score (nSPS) is 18.3. The van der Waals surface area contributed by atoms with Crippen LogP contribution in [0.5, 0.6) is 0 Å². The Bertz CT molecular complexity index is 1860. The van der Waals surface area contributed by atoms with Crippen LogP contribution in [0.3, 0.4) is 0 Å². The van der Waals surface area contributed by atoms with E-state index in [0.29, 0.717) is 19.3 Å². The zero-order valence-electron chi connectivity index (χ0n) is 52.2. The Morgan fingerprint density at radius 2 is 0.759 bits per heavy atom. The van der Waals surface area contributed by atoms with Crippen molar-refractivity contribution < 1.29 is 58.2 Å². The number of aliphatic carboxylic acids is 1. The number of carboxylic acid groups (broad SMARTS) is 1. The van der Waals surface area contributed by atoms with Crippen LogP contribution < -0.4 is 0 Å². The van der Waals surface area contributed by atoms with Gasteiger partial charge in [0.1, 0.15) is 18.8 Å². The van der Waals surface area contributed by atoms with Crippen molar-refractivity contribution in [2.45, 2.75) is 302 Å². The summed E-state index contributed by atoms with van der Waals surface area (Å²) in [7, 11) is 0. The SMILES string of the molecule is CC/C=C\C/C=C\C/C=C\C/C=C\CCCCCCCCC(=O)OC1C(OCC(COC(=O)CCCCCCCC/C=C\C/C=C\C/C=C\CCCCC)OC(=O)CCCCCCC/C=C\C/C=C\CCCCC)OC(C(=O)O)C(O)C1O. The van der Waals surface area contributed by atoms with E-state index in [1.54, 1.807) is 0 Å². The molecule has 12 nitrogen and oxygen atoms in total. The largest absolute Gasteiger partial charge is 0.479 e. The highest BCUT2D eigenvalue weighted by atomic mass is 16.7. The molecule has 0 saturated carbocycles. The molecule has 1 fully saturated rings. The van der Waals surface area contributed by atoms with Gasteiger partial charge in [-0.25, -0.2) is 4.79 Å². The molecule has 0 amide bonds. The average Bonchev–Trinajstić information content (AvgIpc) is 3.60. The van der Waals surface area contributed by atoms with Crippen molar-refractivity contribution in [1.29, 1.82) is 0 Å². The van der Waals surface area contributed by atoms with E-state index in [1.165, 1.54) is 44.9 Å². The van der Waals surface area contributed by atoms with Gasteiger partial charge in [-0.15, -0.1) is 0 Å². The minimum absolute atomic E-state index is 0.0363. The van der Waals surface area contributed by atoms with Gasteiger partial charge < -0.3 is 39.0 Å². The van der Waals surface area contributed by atoms with Crippen LogP contribution in [0.15, 0.2) is 109 Å². The number of unbranched alkanes of at least 4 members (excludes halogenated alkanes) is 23. The van der Waals surface area contributed by atoms with Gasteiger partial charge in [-0.2, -0.15) is 0 Å². The van der Waals surface area contributed by atoms with Crippen molar-refractivity contribution in [1.82, 2.24) is 0 Å². The first-order chi connectivity index (χ1) is 40.6. The first-order valence-corrected chi connectivity index (χ1v) is 32.9. The highest BCUT2D eigenvalue weighted by Crippen LogP contribution is 2.26. The average molecular weight is 1160 g/mol. The van der Waals surface area contributed by atoms with Gasteiger partial charge in [0, 0.05) is 19.3 Å². The van der Waals surface area contributed by atoms with Crippen molar-refractivity contribution in [3.8, 4) is 0 Å². The topological polar surface area (TPSA) is 175 Å². The van der Waals surface area contributed by atoms with E-state index in [-0.39, 0.29) is 25.9 Å². The molecule has 0 spiro atoms. The number of aliphatic hydroxyl groups is 2. The van der Waals surface area contributed by atoms with Crippen LogP contribution in [0.4, 0.5) is 0 Å². The van der Waals surface area contributed by atoms with E-state index in [1.807, 2.05) is 0 Å². The summed E-state index contributed by atoms with van der Waals surface area (Å²) in [6, 6.07) is 0.